The average molecular weight is 274 g/mol. The molecule has 1 unspecified atom stereocenters. The van der Waals surface area contributed by atoms with Gasteiger partial charge in [0.25, 0.3) is 0 Å². The van der Waals surface area contributed by atoms with Crippen molar-refractivity contribution in [1.82, 2.24) is 5.32 Å². The van der Waals surface area contributed by atoms with Crippen molar-refractivity contribution in [1.29, 1.82) is 0 Å². The summed E-state index contributed by atoms with van der Waals surface area (Å²) in [5, 5.41) is 4.96. The first-order valence-corrected chi connectivity index (χ1v) is 6.99. The molecule has 0 saturated carbocycles. The summed E-state index contributed by atoms with van der Waals surface area (Å²) in [6.45, 7) is 4.47. The lowest BCUT2D eigenvalue weighted by Crippen LogP contribution is -2.35. The van der Waals surface area contributed by atoms with Gasteiger partial charge in [0.05, 0.1) is 0 Å². The zero-order valence-electron chi connectivity index (χ0n) is 10.8. The zero-order valence-corrected chi connectivity index (χ0v) is 12.3. The molecule has 1 N–H and O–H groups in total. The molecule has 0 saturated heterocycles. The SMILES string of the molecule is CCC(CC)C(Cc1cc(Cl)ccc1Cl)NC. The molecule has 3 heteroatoms. The molecule has 96 valence electrons. The highest BCUT2D eigenvalue weighted by atomic mass is 35.5. The number of benzene rings is 1. The molecule has 1 atom stereocenters. The van der Waals surface area contributed by atoms with Gasteiger partial charge in [-0.1, -0.05) is 49.9 Å². The van der Waals surface area contributed by atoms with E-state index in [4.69, 9.17) is 23.2 Å². The average Bonchev–Trinajstić information content (AvgIpc) is 2.33. The fourth-order valence-corrected chi connectivity index (χ4v) is 2.69. The van der Waals surface area contributed by atoms with Crippen molar-refractivity contribution in [2.45, 2.75) is 39.2 Å². The van der Waals surface area contributed by atoms with Gasteiger partial charge < -0.3 is 5.32 Å². The Balaban J connectivity index is 2.83. The highest BCUT2D eigenvalue weighted by Gasteiger charge is 2.18. The molecule has 1 aromatic carbocycles. The van der Waals surface area contributed by atoms with Gasteiger partial charge in [-0.15, -0.1) is 0 Å². The Morgan fingerprint density at radius 1 is 1.18 bits per heavy atom. The fourth-order valence-electron chi connectivity index (χ4n) is 2.30. The third kappa shape index (κ3) is 4.17. The van der Waals surface area contributed by atoms with E-state index in [0.717, 1.165) is 22.0 Å². The number of halogens is 2. The lowest BCUT2D eigenvalue weighted by atomic mass is 9.89. The second-order valence-electron chi connectivity index (χ2n) is 4.41. The van der Waals surface area contributed by atoms with Crippen molar-refractivity contribution < 1.29 is 0 Å². The molecule has 0 aliphatic rings. The fraction of sp³-hybridized carbons (Fsp3) is 0.571. The van der Waals surface area contributed by atoms with E-state index in [9.17, 15) is 0 Å². The third-order valence-electron chi connectivity index (χ3n) is 3.44. The van der Waals surface area contributed by atoms with E-state index < -0.39 is 0 Å². The number of hydrogen-bond donors (Lipinski definition) is 1. The van der Waals surface area contributed by atoms with Crippen LogP contribution in [-0.4, -0.2) is 13.1 Å². The topological polar surface area (TPSA) is 12.0 Å². The van der Waals surface area contributed by atoms with Crippen LogP contribution in [0.2, 0.25) is 10.0 Å². The molecule has 1 nitrogen and oxygen atoms in total. The van der Waals surface area contributed by atoms with Crippen molar-refractivity contribution in [3.8, 4) is 0 Å². The monoisotopic (exact) mass is 273 g/mol. The maximum atomic E-state index is 6.20. The highest BCUT2D eigenvalue weighted by molar-refractivity contribution is 6.33. The number of likely N-dealkylation sites (N-methyl/N-ethyl adjacent to an activating group) is 1. The maximum Gasteiger partial charge on any atom is 0.0439 e. The highest BCUT2D eigenvalue weighted by Crippen LogP contribution is 2.24. The van der Waals surface area contributed by atoms with Crippen LogP contribution in [0.25, 0.3) is 0 Å². The Morgan fingerprint density at radius 2 is 1.82 bits per heavy atom. The van der Waals surface area contributed by atoms with Gasteiger partial charge in [0.15, 0.2) is 0 Å². The maximum absolute atomic E-state index is 6.20. The minimum absolute atomic E-state index is 0.459. The van der Waals surface area contributed by atoms with Crippen LogP contribution in [0.1, 0.15) is 32.3 Å². The van der Waals surface area contributed by atoms with Gasteiger partial charge in [0.1, 0.15) is 0 Å². The first-order chi connectivity index (χ1) is 8.12. The minimum Gasteiger partial charge on any atom is -0.316 e. The largest absolute Gasteiger partial charge is 0.316 e. The normalized spacial score (nSPS) is 13.1. The van der Waals surface area contributed by atoms with E-state index in [1.807, 2.05) is 25.2 Å². The summed E-state index contributed by atoms with van der Waals surface area (Å²) in [5.74, 6) is 0.676. The van der Waals surface area contributed by atoms with Gasteiger partial charge >= 0.3 is 0 Å². The van der Waals surface area contributed by atoms with E-state index in [2.05, 4.69) is 19.2 Å². The summed E-state index contributed by atoms with van der Waals surface area (Å²) in [6, 6.07) is 6.13. The lowest BCUT2D eigenvalue weighted by molar-refractivity contribution is 0.349. The van der Waals surface area contributed by atoms with E-state index in [0.29, 0.717) is 12.0 Å². The first kappa shape index (κ1) is 14.8. The Kier molecular flexibility index (Phi) is 6.32. The molecule has 0 fully saturated rings. The van der Waals surface area contributed by atoms with Crippen molar-refractivity contribution in [2.75, 3.05) is 7.05 Å². The molecule has 0 amide bonds. The standard InChI is InChI=1S/C14H21Cl2N/c1-4-10(5-2)14(17-3)9-11-8-12(15)6-7-13(11)16/h6-8,10,14,17H,4-5,9H2,1-3H3. The molecule has 0 aromatic heterocycles. The van der Waals surface area contributed by atoms with Crippen molar-refractivity contribution in [3.63, 3.8) is 0 Å². The summed E-state index contributed by atoms with van der Waals surface area (Å²) in [7, 11) is 2.02. The van der Waals surface area contributed by atoms with Crippen LogP contribution in [0.4, 0.5) is 0 Å². The van der Waals surface area contributed by atoms with Gasteiger partial charge in [0.2, 0.25) is 0 Å². The molecule has 0 aliphatic carbocycles. The predicted octanol–water partition coefficient (Wildman–Crippen LogP) is 4.56. The number of nitrogens with one attached hydrogen (secondary N) is 1. The van der Waals surface area contributed by atoms with E-state index in [1.54, 1.807) is 0 Å². The smallest absolute Gasteiger partial charge is 0.0439 e. The van der Waals surface area contributed by atoms with Gasteiger partial charge in [-0.05, 0) is 43.1 Å². The molecular weight excluding hydrogens is 253 g/mol. The molecule has 1 aromatic rings. The van der Waals surface area contributed by atoms with Crippen LogP contribution < -0.4 is 5.32 Å². The minimum atomic E-state index is 0.459. The Bertz CT molecular complexity index is 348. The van der Waals surface area contributed by atoms with Crippen LogP contribution in [0.5, 0.6) is 0 Å². The van der Waals surface area contributed by atoms with Crippen LogP contribution in [0.15, 0.2) is 18.2 Å². The third-order valence-corrected chi connectivity index (χ3v) is 4.04. The number of hydrogen-bond acceptors (Lipinski definition) is 1. The summed E-state index contributed by atoms with van der Waals surface area (Å²) in [5.41, 5.74) is 1.13. The van der Waals surface area contributed by atoms with Gasteiger partial charge in [-0.25, -0.2) is 0 Å². The second-order valence-corrected chi connectivity index (χ2v) is 5.26. The first-order valence-electron chi connectivity index (χ1n) is 6.23. The van der Waals surface area contributed by atoms with Crippen molar-refractivity contribution in [3.05, 3.63) is 33.8 Å². The van der Waals surface area contributed by atoms with Crippen LogP contribution >= 0.6 is 23.2 Å². The van der Waals surface area contributed by atoms with Crippen LogP contribution in [0.3, 0.4) is 0 Å². The van der Waals surface area contributed by atoms with Crippen molar-refractivity contribution >= 4 is 23.2 Å². The van der Waals surface area contributed by atoms with E-state index in [-0.39, 0.29) is 0 Å². The Labute approximate surface area is 115 Å². The van der Waals surface area contributed by atoms with Crippen LogP contribution in [-0.2, 0) is 6.42 Å². The lowest BCUT2D eigenvalue weighted by Gasteiger charge is -2.25. The Morgan fingerprint density at radius 3 is 2.35 bits per heavy atom. The molecular formula is C14H21Cl2N. The van der Waals surface area contributed by atoms with Crippen LogP contribution in [0, 0.1) is 5.92 Å². The quantitative estimate of drug-likeness (QED) is 0.801. The molecule has 0 spiro atoms. The summed E-state index contributed by atoms with van der Waals surface area (Å²) in [4.78, 5) is 0. The van der Waals surface area contributed by atoms with Gasteiger partial charge in [-0.2, -0.15) is 0 Å². The van der Waals surface area contributed by atoms with Crippen molar-refractivity contribution in [2.24, 2.45) is 5.92 Å². The molecule has 0 heterocycles. The summed E-state index contributed by atoms with van der Waals surface area (Å²) in [6.07, 6.45) is 3.29. The molecule has 0 radical (unpaired) electrons. The van der Waals surface area contributed by atoms with Gasteiger partial charge in [-0.3, -0.25) is 0 Å². The Hall–Kier alpha value is -0.240. The second kappa shape index (κ2) is 7.25. The summed E-state index contributed by atoms with van der Waals surface area (Å²) < 4.78 is 0. The van der Waals surface area contributed by atoms with E-state index >= 15 is 0 Å². The van der Waals surface area contributed by atoms with Gasteiger partial charge in [0, 0.05) is 16.1 Å². The number of rotatable bonds is 6. The molecule has 1 rings (SSSR count). The predicted molar refractivity (Wildman–Crippen MR) is 77.1 cm³/mol. The zero-order chi connectivity index (χ0) is 12.8. The molecule has 0 bridgehead atoms. The summed E-state index contributed by atoms with van der Waals surface area (Å²) >= 11 is 12.2. The molecule has 0 aliphatic heterocycles. The molecule has 17 heavy (non-hydrogen) atoms. The van der Waals surface area contributed by atoms with E-state index in [1.165, 1.54) is 12.8 Å².